The lowest BCUT2D eigenvalue weighted by Crippen LogP contribution is -2.47. The average molecular weight is 197 g/mol. The third-order valence-corrected chi connectivity index (χ3v) is 3.96. The summed E-state index contributed by atoms with van der Waals surface area (Å²) >= 11 is 0. The van der Waals surface area contributed by atoms with Gasteiger partial charge in [-0.05, 0) is 57.5 Å². The van der Waals surface area contributed by atoms with Crippen molar-refractivity contribution < 1.29 is 5.11 Å². The third kappa shape index (κ3) is 2.29. The maximum atomic E-state index is 8.88. The monoisotopic (exact) mass is 197 g/mol. The van der Waals surface area contributed by atoms with Gasteiger partial charge in [0.15, 0.2) is 0 Å². The van der Waals surface area contributed by atoms with Crippen molar-refractivity contribution >= 4 is 0 Å². The Morgan fingerprint density at radius 1 is 1.07 bits per heavy atom. The van der Waals surface area contributed by atoms with Gasteiger partial charge >= 0.3 is 0 Å². The molecule has 2 saturated heterocycles. The lowest BCUT2D eigenvalue weighted by molar-refractivity contribution is 0.0527. The molecule has 0 spiro atoms. The van der Waals surface area contributed by atoms with Crippen molar-refractivity contribution in [2.24, 2.45) is 5.92 Å². The van der Waals surface area contributed by atoms with E-state index in [-0.39, 0.29) is 0 Å². The number of piperidine rings is 2. The normalized spacial score (nSPS) is 34.1. The van der Waals surface area contributed by atoms with Gasteiger partial charge in [0.25, 0.3) is 0 Å². The Kier molecular flexibility index (Phi) is 3.82. The molecule has 0 amide bonds. The Morgan fingerprint density at radius 2 is 1.93 bits per heavy atom. The van der Waals surface area contributed by atoms with E-state index < -0.39 is 0 Å². The molecule has 2 aliphatic heterocycles. The Bertz CT molecular complexity index is 170. The lowest BCUT2D eigenvalue weighted by atomic mass is 9.81. The first-order chi connectivity index (χ1) is 6.92. The molecule has 2 heteroatoms. The Morgan fingerprint density at radius 3 is 2.79 bits per heavy atom. The van der Waals surface area contributed by atoms with Gasteiger partial charge in [-0.3, -0.25) is 0 Å². The van der Waals surface area contributed by atoms with Crippen molar-refractivity contribution in [1.82, 2.24) is 4.90 Å². The van der Waals surface area contributed by atoms with Gasteiger partial charge in [-0.25, -0.2) is 0 Å². The number of hydrogen-bond acceptors (Lipinski definition) is 2. The molecule has 0 saturated carbocycles. The summed E-state index contributed by atoms with van der Waals surface area (Å²) < 4.78 is 0. The van der Waals surface area contributed by atoms with Crippen molar-refractivity contribution in [3.8, 4) is 0 Å². The number of hydrogen-bond donors (Lipinski definition) is 1. The van der Waals surface area contributed by atoms with Crippen LogP contribution in [0.5, 0.6) is 0 Å². The van der Waals surface area contributed by atoms with Crippen molar-refractivity contribution in [3.63, 3.8) is 0 Å². The van der Waals surface area contributed by atoms with Crippen molar-refractivity contribution in [1.29, 1.82) is 0 Å². The van der Waals surface area contributed by atoms with Gasteiger partial charge in [-0.2, -0.15) is 0 Å². The summed E-state index contributed by atoms with van der Waals surface area (Å²) in [5.74, 6) is 0.885. The molecule has 0 bridgehead atoms. The summed E-state index contributed by atoms with van der Waals surface area (Å²) in [7, 11) is 0. The highest BCUT2D eigenvalue weighted by Crippen LogP contribution is 2.33. The van der Waals surface area contributed by atoms with Crippen LogP contribution in [0.2, 0.25) is 0 Å². The predicted octanol–water partition coefficient (Wildman–Crippen LogP) is 2.02. The maximum Gasteiger partial charge on any atom is 0.0431 e. The zero-order chi connectivity index (χ0) is 9.80. The van der Waals surface area contributed by atoms with Crippen LogP contribution < -0.4 is 0 Å². The molecule has 2 rings (SSSR count). The van der Waals surface area contributed by atoms with Gasteiger partial charge in [0.05, 0.1) is 0 Å². The lowest BCUT2D eigenvalue weighted by Gasteiger charge is -2.44. The largest absolute Gasteiger partial charge is 0.396 e. The number of fused-ring (bicyclic) bond motifs is 1. The summed E-state index contributed by atoms with van der Waals surface area (Å²) in [5, 5.41) is 8.88. The van der Waals surface area contributed by atoms with Gasteiger partial charge < -0.3 is 10.0 Å². The van der Waals surface area contributed by atoms with E-state index in [4.69, 9.17) is 5.11 Å². The number of aliphatic hydroxyl groups is 1. The van der Waals surface area contributed by atoms with Crippen LogP contribution in [0.4, 0.5) is 0 Å². The molecule has 0 aliphatic carbocycles. The van der Waals surface area contributed by atoms with Crippen molar-refractivity contribution in [2.75, 3.05) is 19.7 Å². The summed E-state index contributed by atoms with van der Waals surface area (Å²) in [6, 6.07) is 0.865. The molecule has 82 valence electrons. The van der Waals surface area contributed by atoms with E-state index in [0.29, 0.717) is 6.61 Å². The van der Waals surface area contributed by atoms with E-state index in [1.807, 2.05) is 0 Å². The fraction of sp³-hybridized carbons (Fsp3) is 1.00. The van der Waals surface area contributed by atoms with Crippen LogP contribution in [-0.4, -0.2) is 35.7 Å². The molecule has 1 N–H and O–H groups in total. The topological polar surface area (TPSA) is 23.5 Å². The van der Waals surface area contributed by atoms with E-state index in [1.165, 1.54) is 51.6 Å². The molecule has 2 atom stereocenters. The molecule has 2 nitrogen and oxygen atoms in total. The standard InChI is InChI=1S/C12H23NO/c14-10-4-6-11-5-3-9-13-8-2-1-7-12(11)13/h11-12,14H,1-10H2/t11-,12+/m0/s1. The molecule has 0 aromatic carbocycles. The summed E-state index contributed by atoms with van der Waals surface area (Å²) in [6.45, 7) is 3.05. The zero-order valence-corrected chi connectivity index (χ0v) is 9.12. The SMILES string of the molecule is OCCC[C@@H]1CCCN2CCCC[C@H]12. The van der Waals surface area contributed by atoms with Crippen LogP contribution in [-0.2, 0) is 0 Å². The van der Waals surface area contributed by atoms with Crippen LogP contribution in [0.15, 0.2) is 0 Å². The molecule has 0 radical (unpaired) electrons. The van der Waals surface area contributed by atoms with Crippen LogP contribution in [0, 0.1) is 5.92 Å². The molecule has 2 aliphatic rings. The second kappa shape index (κ2) is 5.13. The molecular weight excluding hydrogens is 174 g/mol. The third-order valence-electron chi connectivity index (χ3n) is 3.96. The molecular formula is C12H23NO. The fourth-order valence-electron chi connectivity index (χ4n) is 3.27. The van der Waals surface area contributed by atoms with Gasteiger partial charge in [0, 0.05) is 12.6 Å². The molecule has 0 unspecified atom stereocenters. The molecule has 0 aromatic heterocycles. The van der Waals surface area contributed by atoms with Crippen molar-refractivity contribution in [3.05, 3.63) is 0 Å². The summed E-state index contributed by atoms with van der Waals surface area (Å²) in [4.78, 5) is 2.70. The summed E-state index contributed by atoms with van der Waals surface area (Å²) in [5.41, 5.74) is 0. The van der Waals surface area contributed by atoms with E-state index in [2.05, 4.69) is 4.90 Å². The first-order valence-corrected chi connectivity index (χ1v) is 6.26. The minimum absolute atomic E-state index is 0.378. The van der Waals surface area contributed by atoms with E-state index in [1.54, 1.807) is 0 Å². The minimum atomic E-state index is 0.378. The Hall–Kier alpha value is -0.0800. The highest BCUT2D eigenvalue weighted by Gasteiger charge is 2.32. The van der Waals surface area contributed by atoms with Gasteiger partial charge in [-0.1, -0.05) is 6.42 Å². The van der Waals surface area contributed by atoms with Crippen LogP contribution in [0.3, 0.4) is 0 Å². The van der Waals surface area contributed by atoms with Gasteiger partial charge in [-0.15, -0.1) is 0 Å². The first kappa shape index (κ1) is 10.4. The molecule has 0 aromatic rings. The number of rotatable bonds is 3. The zero-order valence-electron chi connectivity index (χ0n) is 9.12. The van der Waals surface area contributed by atoms with Crippen LogP contribution in [0.25, 0.3) is 0 Å². The van der Waals surface area contributed by atoms with E-state index >= 15 is 0 Å². The predicted molar refractivity (Wildman–Crippen MR) is 58.3 cm³/mol. The maximum absolute atomic E-state index is 8.88. The van der Waals surface area contributed by atoms with Gasteiger partial charge in [0.2, 0.25) is 0 Å². The van der Waals surface area contributed by atoms with Crippen molar-refractivity contribution in [2.45, 2.75) is 51.0 Å². The minimum Gasteiger partial charge on any atom is -0.396 e. The Labute approximate surface area is 87.3 Å². The molecule has 2 heterocycles. The average Bonchev–Trinajstić information content (AvgIpc) is 2.26. The highest BCUT2D eigenvalue weighted by atomic mass is 16.2. The van der Waals surface area contributed by atoms with E-state index in [9.17, 15) is 0 Å². The second-order valence-corrected chi connectivity index (χ2v) is 4.87. The number of nitrogens with zero attached hydrogens (tertiary/aromatic N) is 1. The smallest absolute Gasteiger partial charge is 0.0431 e. The second-order valence-electron chi connectivity index (χ2n) is 4.87. The van der Waals surface area contributed by atoms with Crippen LogP contribution in [0.1, 0.15) is 44.9 Å². The van der Waals surface area contributed by atoms with Gasteiger partial charge in [0.1, 0.15) is 0 Å². The fourth-order valence-corrected chi connectivity index (χ4v) is 3.27. The summed E-state index contributed by atoms with van der Waals surface area (Å²) in [6.07, 6.45) is 9.29. The quantitative estimate of drug-likeness (QED) is 0.748. The van der Waals surface area contributed by atoms with E-state index in [0.717, 1.165) is 18.4 Å². The highest BCUT2D eigenvalue weighted by molar-refractivity contribution is 4.86. The molecule has 14 heavy (non-hydrogen) atoms. The molecule has 2 fully saturated rings. The Balaban J connectivity index is 1.88. The number of aliphatic hydroxyl groups excluding tert-OH is 1. The first-order valence-electron chi connectivity index (χ1n) is 6.26. The van der Waals surface area contributed by atoms with Crippen LogP contribution >= 0.6 is 0 Å².